The Morgan fingerprint density at radius 3 is 1.96 bits per heavy atom. The quantitative estimate of drug-likeness (QED) is 0.196. The normalized spacial score (nSPS) is 17.4. The zero-order chi connectivity index (χ0) is 34.3. The number of benzene rings is 2. The van der Waals surface area contributed by atoms with Crippen LogP contribution in [0.15, 0.2) is 61.2 Å². The largest absolute Gasteiger partial charge is 0.416 e. The summed E-state index contributed by atoms with van der Waals surface area (Å²) in [5.41, 5.74) is -2.56. The van der Waals surface area contributed by atoms with Crippen molar-refractivity contribution >= 4 is 11.6 Å². The van der Waals surface area contributed by atoms with Crippen LogP contribution in [0.1, 0.15) is 47.6 Å². The monoisotopic (exact) mass is 672 g/mol. The molecule has 47 heavy (non-hydrogen) atoms. The fraction of sp³-hybridized carbons (Fsp3) is 0.387. The molecule has 3 heterocycles. The lowest BCUT2D eigenvalue weighted by atomic mass is 10.0. The first kappa shape index (κ1) is 34.0. The van der Waals surface area contributed by atoms with E-state index in [1.165, 1.54) is 23.4 Å². The Balaban J connectivity index is 1.56. The van der Waals surface area contributed by atoms with Crippen molar-refractivity contribution in [2.45, 2.75) is 63.5 Å². The number of halogens is 9. The van der Waals surface area contributed by atoms with Crippen molar-refractivity contribution in [3.63, 3.8) is 0 Å². The molecule has 1 fully saturated rings. The number of hydrogen-bond acceptors (Lipinski definition) is 6. The van der Waals surface area contributed by atoms with Gasteiger partial charge in [-0.05, 0) is 54.8 Å². The predicted molar refractivity (Wildman–Crippen MR) is 154 cm³/mol. The number of anilines is 2. The third kappa shape index (κ3) is 7.47. The van der Waals surface area contributed by atoms with Gasteiger partial charge in [0.1, 0.15) is 0 Å². The van der Waals surface area contributed by atoms with Crippen molar-refractivity contribution < 1.29 is 44.6 Å². The van der Waals surface area contributed by atoms with Gasteiger partial charge in [0, 0.05) is 67.1 Å². The Hall–Kier alpha value is -4.34. The van der Waals surface area contributed by atoms with Crippen LogP contribution in [0.4, 0.5) is 51.1 Å². The second kappa shape index (κ2) is 12.7. The summed E-state index contributed by atoms with van der Waals surface area (Å²) in [4.78, 5) is 12.1. The molecule has 2 aromatic heterocycles. The van der Waals surface area contributed by atoms with E-state index in [2.05, 4.69) is 15.1 Å². The van der Waals surface area contributed by atoms with Crippen LogP contribution in [0, 0.1) is 0 Å². The van der Waals surface area contributed by atoms with Gasteiger partial charge in [0.05, 0.1) is 35.5 Å². The van der Waals surface area contributed by atoms with Crippen molar-refractivity contribution in [1.82, 2.24) is 19.7 Å². The summed E-state index contributed by atoms with van der Waals surface area (Å²) in [7, 11) is 1.71. The number of aliphatic hydroxyl groups is 1. The minimum absolute atomic E-state index is 0.0234. The van der Waals surface area contributed by atoms with Gasteiger partial charge in [-0.25, -0.2) is 9.97 Å². The molecule has 1 N–H and O–H groups in total. The molecule has 1 aliphatic heterocycles. The van der Waals surface area contributed by atoms with Gasteiger partial charge >= 0.3 is 18.5 Å². The van der Waals surface area contributed by atoms with Crippen LogP contribution in [-0.2, 0) is 38.7 Å². The summed E-state index contributed by atoms with van der Waals surface area (Å²) in [6.07, 6.45) is -7.72. The van der Waals surface area contributed by atoms with E-state index in [1.807, 2.05) is 6.92 Å². The molecule has 0 saturated carbocycles. The van der Waals surface area contributed by atoms with Gasteiger partial charge in [0.2, 0.25) is 5.95 Å². The number of aliphatic hydroxyl groups excluding tert-OH is 1. The first-order valence-corrected chi connectivity index (χ1v) is 14.4. The molecular formula is C31H29F9N6O. The molecule has 0 spiro atoms. The minimum atomic E-state index is -5.05. The Morgan fingerprint density at radius 2 is 1.45 bits per heavy atom. The molecule has 7 nitrogen and oxygen atoms in total. The van der Waals surface area contributed by atoms with E-state index in [0.29, 0.717) is 41.8 Å². The highest BCUT2D eigenvalue weighted by atomic mass is 19.4. The van der Waals surface area contributed by atoms with Crippen LogP contribution >= 0.6 is 0 Å². The maximum absolute atomic E-state index is 13.7. The van der Waals surface area contributed by atoms with Gasteiger partial charge in [0.15, 0.2) is 0 Å². The molecule has 0 amide bonds. The lowest BCUT2D eigenvalue weighted by Gasteiger charge is -2.31. The summed E-state index contributed by atoms with van der Waals surface area (Å²) >= 11 is 0. The molecule has 2 unspecified atom stereocenters. The first-order chi connectivity index (χ1) is 22.0. The smallest absolute Gasteiger partial charge is 0.392 e. The standard InChI is InChI=1S/C31H29F9N6O/c1-3-25-10-26(16-45(25)27-5-4-22(29(32,33)34)8-19(27)17-47)46(28-41-11-20(12-42-28)21-13-43-44(2)15-21)14-18-6-23(30(35,36)37)9-24(7-18)31(38,39)40/h4-9,11-13,15,25-26,47H,3,10,14,16-17H2,1-2H3. The maximum Gasteiger partial charge on any atom is 0.416 e. The molecular weight excluding hydrogens is 643 g/mol. The van der Waals surface area contributed by atoms with Crippen LogP contribution in [0.3, 0.4) is 0 Å². The lowest BCUT2D eigenvalue weighted by molar-refractivity contribution is -0.143. The van der Waals surface area contributed by atoms with E-state index in [-0.39, 0.29) is 35.7 Å². The van der Waals surface area contributed by atoms with Crippen LogP contribution in [0.25, 0.3) is 11.1 Å². The molecule has 0 radical (unpaired) electrons. The molecule has 252 valence electrons. The third-order valence-corrected chi connectivity index (χ3v) is 8.12. The van der Waals surface area contributed by atoms with Crippen LogP contribution in [0.2, 0.25) is 0 Å². The summed E-state index contributed by atoms with van der Waals surface area (Å²) in [5, 5.41) is 14.1. The number of aromatic nitrogens is 4. The van der Waals surface area contributed by atoms with Crippen molar-refractivity contribution in [3.8, 4) is 11.1 Å². The Kier molecular flexibility index (Phi) is 9.18. The summed E-state index contributed by atoms with van der Waals surface area (Å²) in [6, 6.07) is 3.46. The average Bonchev–Trinajstić information content (AvgIpc) is 3.64. The summed E-state index contributed by atoms with van der Waals surface area (Å²) < 4.78 is 124. The van der Waals surface area contributed by atoms with Gasteiger partial charge < -0.3 is 14.9 Å². The van der Waals surface area contributed by atoms with Gasteiger partial charge in [-0.1, -0.05) is 6.92 Å². The highest BCUT2D eigenvalue weighted by Crippen LogP contribution is 2.40. The Morgan fingerprint density at radius 1 is 0.830 bits per heavy atom. The zero-order valence-corrected chi connectivity index (χ0v) is 25.0. The maximum atomic E-state index is 13.7. The fourth-order valence-corrected chi connectivity index (χ4v) is 5.83. The van der Waals surface area contributed by atoms with Crippen molar-refractivity contribution in [2.75, 3.05) is 16.3 Å². The van der Waals surface area contributed by atoms with E-state index in [9.17, 15) is 44.6 Å². The van der Waals surface area contributed by atoms with Crippen LogP contribution in [-0.4, -0.2) is 43.5 Å². The second-order valence-electron chi connectivity index (χ2n) is 11.3. The molecule has 0 bridgehead atoms. The molecule has 2 atom stereocenters. The lowest BCUT2D eigenvalue weighted by Crippen LogP contribution is -2.39. The first-order valence-electron chi connectivity index (χ1n) is 14.4. The van der Waals surface area contributed by atoms with E-state index in [1.54, 1.807) is 29.0 Å². The van der Waals surface area contributed by atoms with Crippen molar-refractivity contribution in [2.24, 2.45) is 7.05 Å². The molecule has 16 heteroatoms. The van der Waals surface area contributed by atoms with E-state index in [4.69, 9.17) is 0 Å². The topological polar surface area (TPSA) is 70.3 Å². The van der Waals surface area contributed by atoms with Gasteiger partial charge in [-0.2, -0.15) is 44.6 Å². The molecule has 1 saturated heterocycles. The molecule has 4 aromatic rings. The number of rotatable bonds is 8. The molecule has 1 aliphatic rings. The van der Waals surface area contributed by atoms with Crippen LogP contribution < -0.4 is 9.80 Å². The van der Waals surface area contributed by atoms with E-state index < -0.39 is 54.4 Å². The average molecular weight is 673 g/mol. The number of hydrogen-bond donors (Lipinski definition) is 1. The van der Waals surface area contributed by atoms with Gasteiger partial charge in [0.25, 0.3) is 0 Å². The summed E-state index contributed by atoms with van der Waals surface area (Å²) in [5.74, 6) is 0.0279. The van der Waals surface area contributed by atoms with Crippen molar-refractivity contribution in [1.29, 1.82) is 0 Å². The Labute approximate surface area is 263 Å². The Bertz CT molecular complexity index is 1670. The van der Waals surface area contributed by atoms with Gasteiger partial charge in [-0.15, -0.1) is 0 Å². The number of alkyl halides is 9. The molecule has 2 aromatic carbocycles. The molecule has 0 aliphatic carbocycles. The van der Waals surface area contributed by atoms with E-state index in [0.717, 1.165) is 12.1 Å². The molecule has 5 rings (SSSR count). The highest BCUT2D eigenvalue weighted by molar-refractivity contribution is 5.61. The third-order valence-electron chi connectivity index (χ3n) is 8.12. The fourth-order valence-electron chi connectivity index (χ4n) is 5.83. The van der Waals surface area contributed by atoms with Crippen molar-refractivity contribution in [3.05, 3.63) is 89.0 Å². The van der Waals surface area contributed by atoms with Crippen LogP contribution in [0.5, 0.6) is 0 Å². The summed E-state index contributed by atoms with van der Waals surface area (Å²) in [6.45, 7) is 0.822. The SMILES string of the molecule is CCC1CC(N(Cc2cc(C(F)(F)F)cc(C(F)(F)F)c2)c2ncc(-c3cnn(C)c3)cn2)CN1c1ccc(C(F)(F)F)cc1CO. The van der Waals surface area contributed by atoms with Gasteiger partial charge in [-0.3, -0.25) is 4.68 Å². The number of aryl methyl sites for hydroxylation is 1. The highest BCUT2D eigenvalue weighted by Gasteiger charge is 2.40. The minimum Gasteiger partial charge on any atom is -0.392 e. The zero-order valence-electron chi connectivity index (χ0n) is 25.0. The predicted octanol–water partition coefficient (Wildman–Crippen LogP) is 7.49. The second-order valence-corrected chi connectivity index (χ2v) is 11.3. The van der Waals surface area contributed by atoms with E-state index >= 15 is 0 Å². The number of nitrogens with zero attached hydrogens (tertiary/aromatic N) is 6.